The summed E-state index contributed by atoms with van der Waals surface area (Å²) in [5.74, 6) is 1.87. The molecule has 0 radical (unpaired) electrons. The molecule has 1 heterocycles. The van der Waals surface area contributed by atoms with Gasteiger partial charge in [-0.05, 0) is 25.3 Å². The van der Waals surface area contributed by atoms with E-state index in [0.717, 1.165) is 16.7 Å². The monoisotopic (exact) mass is 317 g/mol. The fourth-order valence-electron chi connectivity index (χ4n) is 2.20. The number of para-hydroxylation sites is 1. The quantitative estimate of drug-likeness (QED) is 0.889. The highest BCUT2D eigenvalue weighted by Crippen LogP contribution is 2.28. The number of ether oxygens (including phenoxy) is 1. The first-order chi connectivity index (χ1) is 10.5. The van der Waals surface area contributed by atoms with E-state index in [4.69, 9.17) is 4.74 Å². The first-order valence-corrected chi connectivity index (χ1v) is 8.62. The molecule has 1 aliphatic rings. The maximum Gasteiger partial charge on any atom is 0.202 e. The van der Waals surface area contributed by atoms with Gasteiger partial charge in [0.05, 0.1) is 6.10 Å². The van der Waals surface area contributed by atoms with Gasteiger partial charge < -0.3 is 10.1 Å². The summed E-state index contributed by atoms with van der Waals surface area (Å²) in [4.78, 5) is 4.57. The van der Waals surface area contributed by atoms with Crippen LogP contribution in [0.4, 0.5) is 5.13 Å². The van der Waals surface area contributed by atoms with Crippen LogP contribution in [-0.4, -0.2) is 15.5 Å². The lowest BCUT2D eigenvalue weighted by atomic mass is 9.96. The Kier molecular flexibility index (Phi) is 4.34. The smallest absolute Gasteiger partial charge is 0.202 e. The van der Waals surface area contributed by atoms with E-state index in [0.29, 0.717) is 12.6 Å². The molecule has 0 spiro atoms. The predicted octanol–water partition coefficient (Wildman–Crippen LogP) is 4.38. The van der Waals surface area contributed by atoms with Gasteiger partial charge in [0.15, 0.2) is 0 Å². The molecule has 0 aliphatic heterocycles. The average Bonchev–Trinajstić information content (AvgIpc) is 2.90. The highest BCUT2D eigenvalue weighted by molar-refractivity contribution is 7.09. The van der Waals surface area contributed by atoms with Crippen molar-refractivity contribution in [2.75, 3.05) is 5.32 Å². The Morgan fingerprint density at radius 3 is 2.68 bits per heavy atom. The number of anilines is 1. The van der Waals surface area contributed by atoms with Crippen LogP contribution in [0, 0.1) is 0 Å². The third kappa shape index (κ3) is 3.58. The van der Waals surface area contributed by atoms with Gasteiger partial charge in [0.2, 0.25) is 5.13 Å². The highest BCUT2D eigenvalue weighted by Gasteiger charge is 2.21. The van der Waals surface area contributed by atoms with E-state index in [2.05, 4.69) is 47.6 Å². The van der Waals surface area contributed by atoms with Gasteiger partial charge in [-0.3, -0.25) is 0 Å². The molecular formula is C17H23N3OS. The Morgan fingerprint density at radius 1 is 1.27 bits per heavy atom. The summed E-state index contributed by atoms with van der Waals surface area (Å²) in [7, 11) is 0. The van der Waals surface area contributed by atoms with Crippen LogP contribution in [0.25, 0.3) is 0 Å². The van der Waals surface area contributed by atoms with Gasteiger partial charge in [-0.1, -0.05) is 39.0 Å². The number of aromatic nitrogens is 2. The van der Waals surface area contributed by atoms with Crippen molar-refractivity contribution in [1.29, 1.82) is 0 Å². The van der Waals surface area contributed by atoms with Crippen molar-refractivity contribution in [2.24, 2.45) is 0 Å². The molecule has 0 saturated heterocycles. The minimum absolute atomic E-state index is 0.0122. The topological polar surface area (TPSA) is 47.0 Å². The van der Waals surface area contributed by atoms with Crippen molar-refractivity contribution in [3.05, 3.63) is 35.7 Å². The number of nitrogens with zero attached hydrogens (tertiary/aromatic N) is 2. The molecule has 1 aromatic carbocycles. The zero-order valence-corrected chi connectivity index (χ0v) is 14.2. The molecule has 0 amide bonds. The van der Waals surface area contributed by atoms with E-state index in [1.54, 1.807) is 0 Å². The Hall–Kier alpha value is -1.62. The first kappa shape index (κ1) is 15.3. The van der Waals surface area contributed by atoms with Crippen LogP contribution < -0.4 is 10.1 Å². The van der Waals surface area contributed by atoms with Crippen molar-refractivity contribution in [2.45, 2.75) is 58.1 Å². The first-order valence-electron chi connectivity index (χ1n) is 7.85. The summed E-state index contributed by atoms with van der Waals surface area (Å²) in [5, 5.41) is 4.23. The van der Waals surface area contributed by atoms with Crippen molar-refractivity contribution in [3.8, 4) is 5.75 Å². The van der Waals surface area contributed by atoms with Gasteiger partial charge in [0.1, 0.15) is 11.6 Å². The fraction of sp³-hybridized carbons (Fsp3) is 0.529. The van der Waals surface area contributed by atoms with Gasteiger partial charge in [0.25, 0.3) is 0 Å². The molecule has 118 valence electrons. The number of hydrogen-bond acceptors (Lipinski definition) is 5. The minimum atomic E-state index is -0.0122. The molecule has 1 N–H and O–H groups in total. The van der Waals surface area contributed by atoms with Gasteiger partial charge in [-0.25, -0.2) is 4.98 Å². The van der Waals surface area contributed by atoms with Crippen molar-refractivity contribution >= 4 is 16.7 Å². The third-order valence-electron chi connectivity index (χ3n) is 3.85. The Morgan fingerprint density at radius 2 is 2.05 bits per heavy atom. The molecule has 0 bridgehead atoms. The van der Waals surface area contributed by atoms with E-state index >= 15 is 0 Å². The second kappa shape index (κ2) is 6.24. The molecular weight excluding hydrogens is 294 g/mol. The van der Waals surface area contributed by atoms with Crippen LogP contribution in [-0.2, 0) is 12.0 Å². The lowest BCUT2D eigenvalue weighted by Crippen LogP contribution is -2.25. The summed E-state index contributed by atoms with van der Waals surface area (Å²) in [6.07, 6.45) is 4.03. The van der Waals surface area contributed by atoms with Crippen LogP contribution in [0.1, 0.15) is 51.4 Å². The van der Waals surface area contributed by atoms with Crippen LogP contribution in [0.3, 0.4) is 0 Å². The zero-order chi connectivity index (χ0) is 15.6. The Bertz CT molecular complexity index is 629. The lowest BCUT2D eigenvalue weighted by molar-refractivity contribution is 0.119. The van der Waals surface area contributed by atoms with Crippen LogP contribution in [0.5, 0.6) is 5.75 Å². The highest BCUT2D eigenvalue weighted by atomic mass is 32.1. The molecule has 2 aromatic rings. The second-order valence-electron chi connectivity index (χ2n) is 6.81. The largest absolute Gasteiger partial charge is 0.490 e. The molecule has 0 atom stereocenters. The SMILES string of the molecule is CC(C)(C)c1nsc(NCc2ccccc2OC2CCC2)n1. The van der Waals surface area contributed by atoms with E-state index < -0.39 is 0 Å². The van der Waals surface area contributed by atoms with Crippen molar-refractivity contribution in [3.63, 3.8) is 0 Å². The molecule has 5 heteroatoms. The molecule has 22 heavy (non-hydrogen) atoms. The van der Waals surface area contributed by atoms with E-state index in [1.807, 2.05) is 12.1 Å². The van der Waals surface area contributed by atoms with Crippen LogP contribution >= 0.6 is 11.5 Å². The third-order valence-corrected chi connectivity index (χ3v) is 4.52. The molecule has 3 rings (SSSR count). The second-order valence-corrected chi connectivity index (χ2v) is 7.56. The van der Waals surface area contributed by atoms with Crippen molar-refractivity contribution < 1.29 is 4.74 Å². The molecule has 4 nitrogen and oxygen atoms in total. The number of rotatable bonds is 5. The van der Waals surface area contributed by atoms with Crippen LogP contribution in [0.2, 0.25) is 0 Å². The number of nitrogens with one attached hydrogen (secondary N) is 1. The minimum Gasteiger partial charge on any atom is -0.490 e. The number of hydrogen-bond donors (Lipinski definition) is 1. The predicted molar refractivity (Wildman–Crippen MR) is 90.6 cm³/mol. The summed E-state index contributed by atoms with van der Waals surface area (Å²) in [6.45, 7) is 7.09. The lowest BCUT2D eigenvalue weighted by Gasteiger charge is -2.27. The van der Waals surface area contributed by atoms with Crippen molar-refractivity contribution in [1.82, 2.24) is 9.36 Å². The van der Waals surface area contributed by atoms with Gasteiger partial charge in [-0.2, -0.15) is 4.37 Å². The van der Waals surface area contributed by atoms with Gasteiger partial charge >= 0.3 is 0 Å². The Labute approximate surface area is 136 Å². The van der Waals surface area contributed by atoms with Crippen LogP contribution in [0.15, 0.2) is 24.3 Å². The maximum atomic E-state index is 6.06. The molecule has 1 aromatic heterocycles. The summed E-state index contributed by atoms with van der Waals surface area (Å²) >= 11 is 1.42. The normalized spacial score (nSPS) is 15.4. The molecule has 1 fully saturated rings. The van der Waals surface area contributed by atoms with Gasteiger partial charge in [0, 0.05) is 29.1 Å². The molecule has 1 saturated carbocycles. The van der Waals surface area contributed by atoms with E-state index in [1.165, 1.54) is 36.4 Å². The summed E-state index contributed by atoms with van der Waals surface area (Å²) in [6, 6.07) is 8.23. The number of benzene rings is 1. The molecule has 1 aliphatic carbocycles. The van der Waals surface area contributed by atoms with E-state index in [-0.39, 0.29) is 5.41 Å². The standard InChI is InChI=1S/C17H23N3OS/c1-17(2,3)15-19-16(22-20-15)18-11-12-7-4-5-10-14(12)21-13-8-6-9-13/h4-5,7,10,13H,6,8-9,11H2,1-3H3,(H,18,19,20). The average molecular weight is 317 g/mol. The summed E-state index contributed by atoms with van der Waals surface area (Å²) in [5.41, 5.74) is 1.16. The van der Waals surface area contributed by atoms with Gasteiger partial charge in [-0.15, -0.1) is 0 Å². The fourth-order valence-corrected chi connectivity index (χ4v) is 2.96. The Balaban J connectivity index is 1.64. The maximum absolute atomic E-state index is 6.06. The molecule has 0 unspecified atom stereocenters. The summed E-state index contributed by atoms with van der Waals surface area (Å²) < 4.78 is 10.5. The zero-order valence-electron chi connectivity index (χ0n) is 13.4. The van der Waals surface area contributed by atoms with E-state index in [9.17, 15) is 0 Å².